The second-order valence-corrected chi connectivity index (χ2v) is 7.56. The first-order valence-electron chi connectivity index (χ1n) is 5.97. The number of nitrogens with zero attached hydrogens (tertiary/aromatic N) is 2. The number of carbonyl (C=O) groups is 1. The molecule has 0 atom stereocenters. The summed E-state index contributed by atoms with van der Waals surface area (Å²) < 4.78 is 24.3. The normalized spacial score (nSPS) is 18.6. The van der Waals surface area contributed by atoms with Crippen LogP contribution >= 0.6 is 11.3 Å². The topological polar surface area (TPSA) is 87.6 Å². The van der Waals surface area contributed by atoms with Gasteiger partial charge < -0.3 is 5.11 Å². The van der Waals surface area contributed by atoms with Crippen molar-refractivity contribution in [2.24, 2.45) is 0 Å². The van der Waals surface area contributed by atoms with Gasteiger partial charge in [0.2, 0.25) is 10.0 Å². The van der Waals surface area contributed by atoms with Crippen LogP contribution in [0.4, 0.5) is 0 Å². The van der Waals surface area contributed by atoms with E-state index in [4.69, 9.17) is 5.11 Å². The van der Waals surface area contributed by atoms with E-state index in [1.807, 2.05) is 0 Å². The minimum atomic E-state index is -3.10. The molecule has 0 aliphatic carbocycles. The Labute approximate surface area is 116 Å². The Balaban J connectivity index is 1.98. The Morgan fingerprint density at radius 2 is 2.16 bits per heavy atom. The number of aliphatic carboxylic acids is 1. The van der Waals surface area contributed by atoms with Gasteiger partial charge in [-0.05, 0) is 12.8 Å². The lowest BCUT2D eigenvalue weighted by atomic mass is 9.99. The van der Waals surface area contributed by atoms with E-state index >= 15 is 0 Å². The molecule has 0 spiro atoms. The van der Waals surface area contributed by atoms with Crippen molar-refractivity contribution in [1.82, 2.24) is 9.29 Å². The molecule has 1 aliphatic rings. The molecule has 0 unspecified atom stereocenters. The average molecular weight is 304 g/mol. The molecule has 106 valence electrons. The molecule has 0 bridgehead atoms. The van der Waals surface area contributed by atoms with E-state index in [-0.39, 0.29) is 12.3 Å². The van der Waals surface area contributed by atoms with Crippen LogP contribution in [0, 0.1) is 0 Å². The van der Waals surface area contributed by atoms with E-state index < -0.39 is 16.0 Å². The van der Waals surface area contributed by atoms with Crippen LogP contribution in [0.25, 0.3) is 0 Å². The second-order valence-electron chi connectivity index (χ2n) is 4.68. The highest BCUT2D eigenvalue weighted by Gasteiger charge is 2.27. The van der Waals surface area contributed by atoms with E-state index in [9.17, 15) is 13.2 Å². The Morgan fingerprint density at radius 1 is 1.53 bits per heavy atom. The van der Waals surface area contributed by atoms with E-state index in [2.05, 4.69) is 4.98 Å². The molecular weight excluding hydrogens is 288 g/mol. The highest BCUT2D eigenvalue weighted by Crippen LogP contribution is 2.31. The fraction of sp³-hybridized carbons (Fsp3) is 0.636. The van der Waals surface area contributed by atoms with Gasteiger partial charge in [0, 0.05) is 24.4 Å². The molecule has 1 aromatic rings. The third-order valence-corrected chi connectivity index (χ3v) is 5.53. The first-order chi connectivity index (χ1) is 8.86. The Morgan fingerprint density at radius 3 is 2.68 bits per heavy atom. The third-order valence-electron chi connectivity index (χ3n) is 3.17. The van der Waals surface area contributed by atoms with E-state index in [1.54, 1.807) is 5.38 Å². The summed E-state index contributed by atoms with van der Waals surface area (Å²) in [4.78, 5) is 14.9. The predicted octanol–water partition coefficient (Wildman–Crippen LogP) is 0.909. The molecule has 0 amide bonds. The molecule has 1 N–H and O–H groups in total. The summed E-state index contributed by atoms with van der Waals surface area (Å²) in [5, 5.41) is 11.4. The zero-order chi connectivity index (χ0) is 14.0. The summed E-state index contributed by atoms with van der Waals surface area (Å²) in [6.45, 7) is 1.02. The average Bonchev–Trinajstić information content (AvgIpc) is 2.75. The molecule has 2 rings (SSSR count). The van der Waals surface area contributed by atoms with Crippen LogP contribution in [0.15, 0.2) is 5.38 Å². The van der Waals surface area contributed by atoms with Crippen LogP contribution in [0.3, 0.4) is 0 Å². The minimum Gasteiger partial charge on any atom is -0.481 e. The number of piperidine rings is 1. The molecule has 0 aromatic carbocycles. The number of rotatable bonds is 4. The molecule has 1 aliphatic heterocycles. The molecule has 2 heterocycles. The van der Waals surface area contributed by atoms with Crippen molar-refractivity contribution in [2.45, 2.75) is 25.2 Å². The Hall–Kier alpha value is -0.990. The predicted molar refractivity (Wildman–Crippen MR) is 71.8 cm³/mol. The van der Waals surface area contributed by atoms with Gasteiger partial charge in [0.25, 0.3) is 0 Å². The van der Waals surface area contributed by atoms with Gasteiger partial charge in [-0.3, -0.25) is 4.79 Å². The summed E-state index contributed by atoms with van der Waals surface area (Å²) in [6, 6.07) is 0. The van der Waals surface area contributed by atoms with Crippen molar-refractivity contribution >= 4 is 27.3 Å². The number of aromatic nitrogens is 1. The van der Waals surface area contributed by atoms with E-state index in [0.717, 1.165) is 17.8 Å². The summed E-state index contributed by atoms with van der Waals surface area (Å²) in [6.07, 6.45) is 2.65. The summed E-state index contributed by atoms with van der Waals surface area (Å²) in [5.41, 5.74) is 0.582. The van der Waals surface area contributed by atoms with Crippen LogP contribution in [-0.4, -0.2) is 48.1 Å². The van der Waals surface area contributed by atoms with Crippen LogP contribution in [0.1, 0.15) is 29.5 Å². The van der Waals surface area contributed by atoms with Crippen molar-refractivity contribution in [3.63, 3.8) is 0 Å². The van der Waals surface area contributed by atoms with E-state index in [1.165, 1.54) is 21.9 Å². The van der Waals surface area contributed by atoms with Crippen molar-refractivity contribution in [1.29, 1.82) is 0 Å². The lowest BCUT2D eigenvalue weighted by molar-refractivity contribution is -0.136. The number of sulfonamides is 1. The number of carboxylic acids is 1. The van der Waals surface area contributed by atoms with Crippen LogP contribution in [-0.2, 0) is 21.2 Å². The van der Waals surface area contributed by atoms with Gasteiger partial charge in [0.15, 0.2) is 0 Å². The molecule has 0 radical (unpaired) electrons. The van der Waals surface area contributed by atoms with Crippen molar-refractivity contribution in [3.8, 4) is 0 Å². The summed E-state index contributed by atoms with van der Waals surface area (Å²) >= 11 is 1.46. The largest absolute Gasteiger partial charge is 0.481 e. The highest BCUT2D eigenvalue weighted by molar-refractivity contribution is 7.88. The molecule has 6 nitrogen and oxygen atoms in total. The quantitative estimate of drug-likeness (QED) is 0.893. The molecule has 1 aromatic heterocycles. The maximum Gasteiger partial charge on any atom is 0.309 e. The molecule has 8 heteroatoms. The first-order valence-corrected chi connectivity index (χ1v) is 8.70. The molecular formula is C11H16N2O4S2. The van der Waals surface area contributed by atoms with Crippen molar-refractivity contribution < 1.29 is 18.3 Å². The van der Waals surface area contributed by atoms with Gasteiger partial charge in [-0.15, -0.1) is 11.3 Å². The second kappa shape index (κ2) is 5.56. The Bertz CT molecular complexity index is 559. The minimum absolute atomic E-state index is 0.0569. The molecule has 19 heavy (non-hydrogen) atoms. The van der Waals surface area contributed by atoms with Crippen LogP contribution in [0.2, 0.25) is 0 Å². The fourth-order valence-corrected chi connectivity index (χ4v) is 4.05. The van der Waals surface area contributed by atoms with Crippen LogP contribution < -0.4 is 0 Å². The summed E-state index contributed by atoms with van der Waals surface area (Å²) in [5.74, 6) is -0.644. The smallest absolute Gasteiger partial charge is 0.309 e. The number of hydrogen-bond acceptors (Lipinski definition) is 5. The van der Waals surface area contributed by atoms with Crippen LogP contribution in [0.5, 0.6) is 0 Å². The van der Waals surface area contributed by atoms with Gasteiger partial charge in [-0.25, -0.2) is 17.7 Å². The fourth-order valence-electron chi connectivity index (χ4n) is 2.18. The maximum atomic E-state index is 11.4. The number of carboxylic acid groups (broad SMARTS) is 1. The van der Waals surface area contributed by atoms with E-state index in [0.29, 0.717) is 18.8 Å². The zero-order valence-electron chi connectivity index (χ0n) is 10.6. The number of thiazole rings is 1. The lowest BCUT2D eigenvalue weighted by Gasteiger charge is -2.29. The van der Waals surface area contributed by atoms with Gasteiger partial charge in [-0.2, -0.15) is 0 Å². The van der Waals surface area contributed by atoms with Gasteiger partial charge in [0.05, 0.1) is 23.4 Å². The van der Waals surface area contributed by atoms with Gasteiger partial charge in [0.1, 0.15) is 0 Å². The molecule has 0 saturated carbocycles. The SMILES string of the molecule is CS(=O)(=O)N1CCC(c2nc(CC(=O)O)cs2)CC1. The number of hydrogen-bond donors (Lipinski definition) is 1. The third kappa shape index (κ3) is 3.74. The first kappa shape index (κ1) is 14.4. The highest BCUT2D eigenvalue weighted by atomic mass is 32.2. The monoisotopic (exact) mass is 304 g/mol. The van der Waals surface area contributed by atoms with Crippen molar-refractivity contribution in [3.05, 3.63) is 16.1 Å². The van der Waals surface area contributed by atoms with Gasteiger partial charge >= 0.3 is 5.97 Å². The standard InChI is InChI=1S/C11H16N2O4S2/c1-19(16,17)13-4-2-8(3-5-13)11-12-9(7-18-11)6-10(14)15/h7-8H,2-6H2,1H3,(H,14,15). The zero-order valence-corrected chi connectivity index (χ0v) is 12.2. The maximum absolute atomic E-state index is 11.4. The Kier molecular flexibility index (Phi) is 4.22. The van der Waals surface area contributed by atoms with Crippen molar-refractivity contribution in [2.75, 3.05) is 19.3 Å². The van der Waals surface area contributed by atoms with Gasteiger partial charge in [-0.1, -0.05) is 0 Å². The summed E-state index contributed by atoms with van der Waals surface area (Å²) in [7, 11) is -3.10. The molecule has 1 saturated heterocycles. The molecule has 1 fully saturated rings. The lowest BCUT2D eigenvalue weighted by Crippen LogP contribution is -2.37.